The molecule has 1 aliphatic heterocycles. The molecule has 0 saturated carbocycles. The third-order valence-electron chi connectivity index (χ3n) is 5.80. The molecule has 0 radical (unpaired) electrons. The maximum atomic E-state index is 13.1. The molecule has 2 aromatic carbocycles. The summed E-state index contributed by atoms with van der Waals surface area (Å²) in [4.78, 5) is 32.4. The minimum absolute atomic E-state index is 0.00800. The first-order valence-electron chi connectivity index (χ1n) is 10.3. The van der Waals surface area contributed by atoms with Gasteiger partial charge in [0.25, 0.3) is 5.56 Å². The van der Waals surface area contributed by atoms with Crippen molar-refractivity contribution < 1.29 is 9.53 Å². The zero-order valence-corrected chi connectivity index (χ0v) is 18.2. The molecule has 8 heteroatoms. The number of nitrogens with one attached hydrogen (secondary N) is 1. The Balaban J connectivity index is 1.41. The Hall–Kier alpha value is -3.58. The van der Waals surface area contributed by atoms with E-state index in [4.69, 9.17) is 21.3 Å². The van der Waals surface area contributed by atoms with E-state index in [2.05, 4.69) is 5.10 Å². The number of ether oxygens (including phenoxy) is 1. The van der Waals surface area contributed by atoms with E-state index in [-0.39, 0.29) is 11.5 Å². The van der Waals surface area contributed by atoms with Crippen LogP contribution in [-0.4, -0.2) is 39.1 Å². The second-order valence-corrected chi connectivity index (χ2v) is 8.18. The van der Waals surface area contributed by atoms with Crippen molar-refractivity contribution in [2.24, 2.45) is 0 Å². The number of aromatic amines is 1. The molecule has 0 atom stereocenters. The van der Waals surface area contributed by atoms with E-state index in [1.54, 1.807) is 24.1 Å². The number of halogens is 1. The van der Waals surface area contributed by atoms with Crippen LogP contribution >= 0.6 is 11.6 Å². The van der Waals surface area contributed by atoms with Gasteiger partial charge in [-0.05, 0) is 30.2 Å². The Morgan fingerprint density at radius 3 is 2.72 bits per heavy atom. The highest BCUT2D eigenvalue weighted by molar-refractivity contribution is 6.33. The van der Waals surface area contributed by atoms with E-state index in [9.17, 15) is 9.59 Å². The summed E-state index contributed by atoms with van der Waals surface area (Å²) in [6.45, 7) is 0.811. The summed E-state index contributed by atoms with van der Waals surface area (Å²) in [5, 5.41) is 3.70. The zero-order valence-electron chi connectivity index (χ0n) is 17.5. The van der Waals surface area contributed by atoms with Gasteiger partial charge in [0.05, 0.1) is 31.5 Å². The lowest BCUT2D eigenvalue weighted by molar-refractivity contribution is -0.131. The lowest BCUT2D eigenvalue weighted by Gasteiger charge is -2.27. The molecule has 0 bridgehead atoms. The second-order valence-electron chi connectivity index (χ2n) is 7.78. The van der Waals surface area contributed by atoms with E-state index >= 15 is 0 Å². The summed E-state index contributed by atoms with van der Waals surface area (Å²) in [6, 6.07) is 16.7. The van der Waals surface area contributed by atoms with Gasteiger partial charge < -0.3 is 9.64 Å². The van der Waals surface area contributed by atoms with Gasteiger partial charge >= 0.3 is 0 Å². The fraction of sp³-hybridized carbons (Fsp3) is 0.208. The van der Waals surface area contributed by atoms with Crippen molar-refractivity contribution >= 4 is 23.2 Å². The number of carbonyl (C=O) groups is 1. The first kappa shape index (κ1) is 20.3. The third-order valence-corrected chi connectivity index (χ3v) is 6.13. The number of aromatic nitrogens is 3. The fourth-order valence-electron chi connectivity index (χ4n) is 4.05. The number of fused-ring (bicyclic) bond motifs is 2. The van der Waals surface area contributed by atoms with E-state index in [0.717, 1.165) is 22.6 Å². The molecular weight excluding hydrogens is 428 g/mol. The first-order valence-corrected chi connectivity index (χ1v) is 10.7. The van der Waals surface area contributed by atoms with Crippen LogP contribution in [0.3, 0.4) is 0 Å². The molecule has 2 aromatic heterocycles. The molecule has 1 N–H and O–H groups in total. The molecule has 7 nitrogen and oxygen atoms in total. The van der Waals surface area contributed by atoms with E-state index < -0.39 is 0 Å². The summed E-state index contributed by atoms with van der Waals surface area (Å²) in [5.74, 6) is 0.762. The highest BCUT2D eigenvalue weighted by Gasteiger charge is 2.25. The fourth-order valence-corrected chi connectivity index (χ4v) is 4.29. The van der Waals surface area contributed by atoms with Gasteiger partial charge in [-0.15, -0.1) is 0 Å². The van der Waals surface area contributed by atoms with Crippen LogP contribution in [0.15, 0.2) is 59.4 Å². The lowest BCUT2D eigenvalue weighted by Crippen LogP contribution is -2.40. The van der Waals surface area contributed by atoms with Gasteiger partial charge in [-0.25, -0.2) is 9.50 Å². The summed E-state index contributed by atoms with van der Waals surface area (Å²) < 4.78 is 6.62. The molecule has 0 unspecified atom stereocenters. The van der Waals surface area contributed by atoms with Crippen molar-refractivity contribution in [1.29, 1.82) is 0 Å². The minimum Gasteiger partial charge on any atom is -0.497 e. The number of methoxy groups -OCH3 is 1. The van der Waals surface area contributed by atoms with Crippen molar-refractivity contribution in [2.75, 3.05) is 13.7 Å². The number of amides is 1. The van der Waals surface area contributed by atoms with Crippen LogP contribution in [0.5, 0.6) is 5.75 Å². The first-order chi connectivity index (χ1) is 15.5. The maximum Gasteiger partial charge on any atom is 0.276 e. The van der Waals surface area contributed by atoms with Crippen molar-refractivity contribution in [3.8, 4) is 17.0 Å². The topological polar surface area (TPSA) is 79.7 Å². The molecule has 32 heavy (non-hydrogen) atoms. The van der Waals surface area contributed by atoms with Crippen LogP contribution in [0.1, 0.15) is 16.8 Å². The van der Waals surface area contributed by atoms with Gasteiger partial charge in [0.15, 0.2) is 5.65 Å². The minimum atomic E-state index is -0.134. The van der Waals surface area contributed by atoms with E-state index in [1.807, 2.05) is 42.5 Å². The number of hydrogen-bond acceptors (Lipinski definition) is 4. The summed E-state index contributed by atoms with van der Waals surface area (Å²) in [6.07, 6.45) is 0.764. The van der Waals surface area contributed by atoms with Gasteiger partial charge in [0.1, 0.15) is 5.75 Å². The smallest absolute Gasteiger partial charge is 0.276 e. The van der Waals surface area contributed by atoms with Crippen LogP contribution in [0.2, 0.25) is 5.02 Å². The van der Waals surface area contributed by atoms with Gasteiger partial charge in [-0.1, -0.05) is 41.9 Å². The van der Waals surface area contributed by atoms with Crippen LogP contribution < -0.4 is 10.3 Å². The average molecular weight is 449 g/mol. The molecule has 4 aromatic rings. The molecule has 3 heterocycles. The van der Waals surface area contributed by atoms with Crippen LogP contribution in [0.25, 0.3) is 16.9 Å². The lowest BCUT2D eigenvalue weighted by atomic mass is 10.0. The largest absolute Gasteiger partial charge is 0.497 e. The van der Waals surface area contributed by atoms with Gasteiger partial charge in [0.2, 0.25) is 5.91 Å². The SMILES string of the molecule is COc1ccc(CC(=O)N2CCc3c(nc4cc(-c5ccccc5Cl)[nH]n4c3=O)C2)cc1. The number of rotatable bonds is 4. The number of nitrogens with zero attached hydrogens (tertiary/aromatic N) is 3. The molecule has 0 aliphatic carbocycles. The Kier molecular flexibility index (Phi) is 5.19. The molecule has 1 aliphatic rings. The summed E-state index contributed by atoms with van der Waals surface area (Å²) in [5.41, 5.74) is 4.10. The van der Waals surface area contributed by atoms with Crippen molar-refractivity contribution in [3.63, 3.8) is 0 Å². The van der Waals surface area contributed by atoms with Crippen molar-refractivity contribution in [3.05, 3.63) is 86.8 Å². The highest BCUT2D eigenvalue weighted by atomic mass is 35.5. The van der Waals surface area contributed by atoms with Gasteiger partial charge in [0, 0.05) is 28.8 Å². The molecule has 162 valence electrons. The standard InChI is InChI=1S/C24H21ClN4O3/c1-32-16-8-6-15(7-9-16)12-23(30)28-11-10-18-21(14-28)26-22-13-20(27-29(22)24(18)31)17-4-2-3-5-19(17)25/h2-9,13,27H,10-12,14H2,1H3. The van der Waals surface area contributed by atoms with Crippen molar-refractivity contribution in [2.45, 2.75) is 19.4 Å². The van der Waals surface area contributed by atoms with Crippen molar-refractivity contribution in [1.82, 2.24) is 19.5 Å². The second kappa shape index (κ2) is 8.16. The molecule has 0 spiro atoms. The van der Waals surface area contributed by atoms with Crippen LogP contribution in [0, 0.1) is 0 Å². The molecular formula is C24H21ClN4O3. The van der Waals surface area contributed by atoms with Gasteiger partial charge in [-0.3, -0.25) is 14.7 Å². The monoisotopic (exact) mass is 448 g/mol. The Bertz CT molecular complexity index is 1370. The number of benzene rings is 2. The maximum absolute atomic E-state index is 13.1. The normalized spacial score (nSPS) is 13.2. The number of H-pyrrole nitrogens is 1. The molecule has 0 fully saturated rings. The number of hydrogen-bond donors (Lipinski definition) is 1. The Morgan fingerprint density at radius 2 is 1.97 bits per heavy atom. The predicted octanol–water partition coefficient (Wildman–Crippen LogP) is 3.48. The van der Waals surface area contributed by atoms with Crippen LogP contribution in [-0.2, 0) is 24.2 Å². The Labute approximate surface area is 189 Å². The quantitative estimate of drug-likeness (QED) is 0.518. The number of carbonyl (C=O) groups excluding carboxylic acids is 1. The van der Waals surface area contributed by atoms with E-state index in [0.29, 0.717) is 47.9 Å². The predicted molar refractivity (Wildman–Crippen MR) is 122 cm³/mol. The molecule has 5 rings (SSSR count). The van der Waals surface area contributed by atoms with Gasteiger partial charge in [-0.2, -0.15) is 0 Å². The summed E-state index contributed by atoms with van der Waals surface area (Å²) >= 11 is 6.31. The van der Waals surface area contributed by atoms with E-state index in [1.165, 1.54) is 4.52 Å². The molecule has 0 saturated heterocycles. The highest BCUT2D eigenvalue weighted by Crippen LogP contribution is 2.27. The van der Waals surface area contributed by atoms with Crippen LogP contribution in [0.4, 0.5) is 0 Å². The Morgan fingerprint density at radius 1 is 1.19 bits per heavy atom. The average Bonchev–Trinajstić information content (AvgIpc) is 3.23. The zero-order chi connectivity index (χ0) is 22.2. The molecule has 1 amide bonds. The third kappa shape index (κ3) is 3.65. The summed E-state index contributed by atoms with van der Waals surface area (Å²) in [7, 11) is 1.61.